The lowest BCUT2D eigenvalue weighted by atomic mass is 9.98. The van der Waals surface area contributed by atoms with Crippen LogP contribution in [-0.4, -0.2) is 33.6 Å². The molecule has 0 radical (unpaired) electrons. The van der Waals surface area contributed by atoms with E-state index in [4.69, 9.17) is 20.6 Å². The molecule has 23 heavy (non-hydrogen) atoms. The van der Waals surface area contributed by atoms with Crippen LogP contribution in [0.25, 0.3) is 0 Å². The summed E-state index contributed by atoms with van der Waals surface area (Å²) in [6.07, 6.45) is 0.299. The minimum Gasteiger partial charge on any atom is -0.416 e. The summed E-state index contributed by atoms with van der Waals surface area (Å²) in [5.41, 5.74) is 0.930. The molecule has 0 saturated heterocycles. The summed E-state index contributed by atoms with van der Waals surface area (Å²) < 4.78 is 37.5. The third kappa shape index (κ3) is 6.93. The quantitative estimate of drug-likeness (QED) is 0.550. The fraction of sp³-hybridized carbons (Fsp3) is 0.625. The van der Waals surface area contributed by atoms with Gasteiger partial charge in [0.25, 0.3) is 10.1 Å². The third-order valence-corrected chi connectivity index (χ3v) is 9.98. The van der Waals surface area contributed by atoms with Crippen molar-refractivity contribution in [2.45, 2.75) is 51.2 Å². The normalized spacial score (nSPS) is 14.7. The van der Waals surface area contributed by atoms with E-state index in [0.717, 1.165) is 5.56 Å². The van der Waals surface area contributed by atoms with Gasteiger partial charge in [0.2, 0.25) is 0 Å². The van der Waals surface area contributed by atoms with Crippen LogP contribution in [-0.2, 0) is 14.5 Å². The Balaban J connectivity index is 2.92. The molecule has 0 amide bonds. The zero-order chi connectivity index (χ0) is 17.9. The van der Waals surface area contributed by atoms with Crippen molar-refractivity contribution in [3.05, 3.63) is 34.9 Å². The molecule has 0 bridgehead atoms. The molecule has 0 saturated carbocycles. The lowest BCUT2D eigenvalue weighted by Crippen LogP contribution is -2.41. The summed E-state index contributed by atoms with van der Waals surface area (Å²) in [6, 6.07) is 7.35. The van der Waals surface area contributed by atoms with Gasteiger partial charge in [-0.25, -0.2) is 0 Å². The highest BCUT2D eigenvalue weighted by Gasteiger charge is 2.37. The topological polar surface area (TPSA) is 63.6 Å². The first-order valence-electron chi connectivity index (χ1n) is 7.66. The predicted octanol–water partition coefficient (Wildman–Crippen LogP) is 4.72. The van der Waals surface area contributed by atoms with Crippen LogP contribution < -0.4 is 0 Å². The molecule has 0 spiro atoms. The molecule has 0 aromatic heterocycles. The van der Waals surface area contributed by atoms with E-state index in [1.54, 1.807) is 6.07 Å². The third-order valence-electron chi connectivity index (χ3n) is 4.50. The Kier molecular flexibility index (Phi) is 6.87. The van der Waals surface area contributed by atoms with E-state index in [9.17, 15) is 8.42 Å². The Labute approximate surface area is 146 Å². The van der Waals surface area contributed by atoms with Crippen LogP contribution in [0.15, 0.2) is 24.3 Å². The maximum atomic E-state index is 11.1. The molecule has 1 aromatic carbocycles. The molecule has 0 fully saturated rings. The molecule has 0 heterocycles. The molecule has 132 valence electrons. The summed E-state index contributed by atoms with van der Waals surface area (Å²) in [5, 5.41) is 0.682. The largest absolute Gasteiger partial charge is 0.416 e. The van der Waals surface area contributed by atoms with Crippen LogP contribution in [0.2, 0.25) is 23.2 Å². The Morgan fingerprint density at radius 1 is 1.30 bits per heavy atom. The predicted molar refractivity (Wildman–Crippen MR) is 98.4 cm³/mol. The average molecular weight is 379 g/mol. The number of hydrogen-bond acceptors (Lipinski definition) is 3. The zero-order valence-corrected chi connectivity index (χ0v) is 17.0. The van der Waals surface area contributed by atoms with Gasteiger partial charge in [-0.05, 0) is 42.2 Å². The Morgan fingerprint density at radius 3 is 2.39 bits per heavy atom. The monoisotopic (exact) mass is 378 g/mol. The lowest BCUT2D eigenvalue weighted by molar-refractivity contribution is 0.259. The number of rotatable bonds is 7. The number of halogens is 1. The second kappa shape index (κ2) is 7.65. The summed E-state index contributed by atoms with van der Waals surface area (Å²) in [5.74, 6) is -0.407. The molecule has 0 unspecified atom stereocenters. The minimum atomic E-state index is -4.00. The van der Waals surface area contributed by atoms with Crippen molar-refractivity contribution in [2.75, 3.05) is 12.4 Å². The highest BCUT2D eigenvalue weighted by Crippen LogP contribution is 2.37. The first-order chi connectivity index (χ1) is 10.3. The maximum Gasteiger partial charge on any atom is 0.264 e. The van der Waals surface area contributed by atoms with Gasteiger partial charge in [0.05, 0.1) is 5.75 Å². The minimum absolute atomic E-state index is 0.0783. The van der Waals surface area contributed by atoms with Crippen LogP contribution in [0, 0.1) is 0 Å². The van der Waals surface area contributed by atoms with Gasteiger partial charge in [-0.1, -0.05) is 44.5 Å². The standard InChI is InChI=1S/C16H27ClO4SSi/c1-16(2,3)23(4,5)21-12-14(9-10-22(18,19)20)13-7-6-8-15(17)11-13/h6-8,11,14H,9-10,12H2,1-5H3,(H,18,19,20)/t14-/m0/s1. The average Bonchev–Trinajstić information content (AvgIpc) is 2.36. The SMILES string of the molecule is CC(C)(C)[Si](C)(C)OC[C@H](CCS(=O)(=O)O)c1cccc(Cl)c1. The van der Waals surface area contributed by atoms with E-state index < -0.39 is 18.4 Å². The summed E-state index contributed by atoms with van der Waals surface area (Å²) >= 11 is 6.04. The van der Waals surface area contributed by atoms with Gasteiger partial charge in [0, 0.05) is 17.5 Å². The van der Waals surface area contributed by atoms with Crippen LogP contribution in [0.5, 0.6) is 0 Å². The zero-order valence-electron chi connectivity index (χ0n) is 14.5. The van der Waals surface area contributed by atoms with E-state index in [1.165, 1.54) is 0 Å². The summed E-state index contributed by atoms with van der Waals surface area (Å²) in [7, 11) is -5.93. The van der Waals surface area contributed by atoms with Gasteiger partial charge >= 0.3 is 0 Å². The van der Waals surface area contributed by atoms with Crippen LogP contribution in [0.1, 0.15) is 38.7 Å². The summed E-state index contributed by atoms with van der Waals surface area (Å²) in [6.45, 7) is 11.2. The van der Waals surface area contributed by atoms with Gasteiger partial charge in [-0.15, -0.1) is 0 Å². The van der Waals surface area contributed by atoms with E-state index >= 15 is 0 Å². The summed E-state index contributed by atoms with van der Waals surface area (Å²) in [4.78, 5) is 0. The van der Waals surface area contributed by atoms with Crippen molar-refractivity contribution in [3.8, 4) is 0 Å². The number of hydrogen-bond donors (Lipinski definition) is 1. The second-order valence-corrected chi connectivity index (χ2v) is 14.2. The van der Waals surface area contributed by atoms with Gasteiger partial charge in [-0.3, -0.25) is 4.55 Å². The Morgan fingerprint density at radius 2 is 1.91 bits per heavy atom. The smallest absolute Gasteiger partial charge is 0.264 e. The molecule has 7 heteroatoms. The maximum absolute atomic E-state index is 11.1. The van der Waals surface area contributed by atoms with E-state index in [-0.39, 0.29) is 16.7 Å². The van der Waals surface area contributed by atoms with Gasteiger partial charge in [0.1, 0.15) is 0 Å². The van der Waals surface area contributed by atoms with Crippen LogP contribution >= 0.6 is 11.6 Å². The van der Waals surface area contributed by atoms with Gasteiger partial charge < -0.3 is 4.43 Å². The molecule has 0 aliphatic rings. The van der Waals surface area contributed by atoms with Crippen molar-refractivity contribution in [1.29, 1.82) is 0 Å². The highest BCUT2D eigenvalue weighted by atomic mass is 35.5. The van der Waals surface area contributed by atoms with Crippen molar-refractivity contribution in [2.24, 2.45) is 0 Å². The fourth-order valence-electron chi connectivity index (χ4n) is 1.92. The van der Waals surface area contributed by atoms with Crippen molar-refractivity contribution < 1.29 is 17.4 Å². The Bertz CT molecular complexity index is 623. The molecule has 1 N–H and O–H groups in total. The van der Waals surface area contributed by atoms with E-state index in [2.05, 4.69) is 33.9 Å². The van der Waals surface area contributed by atoms with Crippen molar-refractivity contribution in [1.82, 2.24) is 0 Å². The molecule has 0 aliphatic heterocycles. The fourth-order valence-corrected chi connectivity index (χ4v) is 3.76. The first-order valence-corrected chi connectivity index (χ1v) is 12.6. The van der Waals surface area contributed by atoms with Crippen molar-refractivity contribution >= 4 is 30.0 Å². The molecule has 1 aromatic rings. The van der Waals surface area contributed by atoms with E-state index in [1.807, 2.05) is 18.2 Å². The van der Waals surface area contributed by atoms with Crippen LogP contribution in [0.3, 0.4) is 0 Å². The molecule has 0 aliphatic carbocycles. The molecule has 4 nitrogen and oxygen atoms in total. The van der Waals surface area contributed by atoms with Gasteiger partial charge in [0.15, 0.2) is 8.32 Å². The van der Waals surface area contributed by atoms with Gasteiger partial charge in [-0.2, -0.15) is 8.42 Å². The van der Waals surface area contributed by atoms with Crippen molar-refractivity contribution in [3.63, 3.8) is 0 Å². The molecule has 1 rings (SSSR count). The molecular weight excluding hydrogens is 352 g/mol. The van der Waals surface area contributed by atoms with Crippen LogP contribution in [0.4, 0.5) is 0 Å². The second-order valence-electron chi connectivity index (χ2n) is 7.40. The number of benzene rings is 1. The van der Waals surface area contributed by atoms with E-state index in [0.29, 0.717) is 18.1 Å². The lowest BCUT2D eigenvalue weighted by Gasteiger charge is -2.37. The highest BCUT2D eigenvalue weighted by molar-refractivity contribution is 7.85. The first kappa shape index (κ1) is 20.6. The Hall–Kier alpha value is -0.403. The molecular formula is C16H27ClO4SSi. The molecule has 1 atom stereocenters.